The minimum Gasteiger partial charge on any atom is -0.480 e. The molecule has 1 amide bonds. The van der Waals surface area contributed by atoms with Crippen molar-refractivity contribution in [3.8, 4) is 0 Å². The van der Waals surface area contributed by atoms with E-state index < -0.39 is 24.0 Å². The van der Waals surface area contributed by atoms with Crippen LogP contribution < -0.4 is 5.32 Å². The molecule has 0 atom stereocenters. The first kappa shape index (κ1) is 12.9. The van der Waals surface area contributed by atoms with Crippen LogP contribution in [0.3, 0.4) is 0 Å². The van der Waals surface area contributed by atoms with E-state index in [0.717, 1.165) is 0 Å². The number of rotatable bonds is 6. The molecule has 0 saturated heterocycles. The molecule has 0 aliphatic rings. The SMILES string of the molecule is CC(C)(CO)OCC(=O)NCC(=O)O. The summed E-state index contributed by atoms with van der Waals surface area (Å²) in [5.74, 6) is -1.63. The number of nitrogens with one attached hydrogen (secondary N) is 1. The van der Waals surface area contributed by atoms with Gasteiger partial charge in [0.15, 0.2) is 0 Å². The van der Waals surface area contributed by atoms with Crippen LogP contribution in [0, 0.1) is 0 Å². The molecule has 0 heterocycles. The quantitative estimate of drug-likeness (QED) is 0.515. The van der Waals surface area contributed by atoms with E-state index >= 15 is 0 Å². The van der Waals surface area contributed by atoms with Crippen LogP contribution >= 0.6 is 0 Å². The summed E-state index contributed by atoms with van der Waals surface area (Å²) < 4.78 is 5.02. The molecule has 0 unspecified atom stereocenters. The van der Waals surface area contributed by atoms with Gasteiger partial charge in [-0.15, -0.1) is 0 Å². The summed E-state index contributed by atoms with van der Waals surface area (Å²) >= 11 is 0. The van der Waals surface area contributed by atoms with Gasteiger partial charge in [0.25, 0.3) is 0 Å². The maximum Gasteiger partial charge on any atom is 0.322 e. The molecule has 14 heavy (non-hydrogen) atoms. The van der Waals surface area contributed by atoms with Gasteiger partial charge in [-0.1, -0.05) is 0 Å². The van der Waals surface area contributed by atoms with Crippen molar-refractivity contribution in [3.63, 3.8) is 0 Å². The van der Waals surface area contributed by atoms with Gasteiger partial charge in [0, 0.05) is 0 Å². The number of ether oxygens (including phenoxy) is 1. The first-order valence-electron chi connectivity index (χ1n) is 4.11. The van der Waals surface area contributed by atoms with Crippen LogP contribution in [0.2, 0.25) is 0 Å². The molecule has 0 radical (unpaired) electrons. The summed E-state index contributed by atoms with van der Waals surface area (Å²) in [6.45, 7) is 2.34. The van der Waals surface area contributed by atoms with Gasteiger partial charge < -0.3 is 20.3 Å². The van der Waals surface area contributed by atoms with E-state index in [1.54, 1.807) is 13.8 Å². The van der Waals surface area contributed by atoms with E-state index in [9.17, 15) is 9.59 Å². The van der Waals surface area contributed by atoms with Crippen LogP contribution in [0.1, 0.15) is 13.8 Å². The summed E-state index contributed by atoms with van der Waals surface area (Å²) in [4.78, 5) is 21.0. The maximum atomic E-state index is 10.9. The maximum absolute atomic E-state index is 10.9. The van der Waals surface area contributed by atoms with Crippen LogP contribution in [0.25, 0.3) is 0 Å². The van der Waals surface area contributed by atoms with Crippen LogP contribution in [-0.2, 0) is 14.3 Å². The Labute approximate surface area is 81.9 Å². The molecule has 0 aliphatic carbocycles. The molecular formula is C8H15NO5. The highest BCUT2D eigenvalue weighted by atomic mass is 16.5. The van der Waals surface area contributed by atoms with E-state index in [-0.39, 0.29) is 13.2 Å². The lowest BCUT2D eigenvalue weighted by Gasteiger charge is -2.21. The highest BCUT2D eigenvalue weighted by molar-refractivity contribution is 5.81. The number of carbonyl (C=O) groups is 2. The number of hydrogen-bond donors (Lipinski definition) is 3. The number of aliphatic hydroxyl groups excluding tert-OH is 1. The van der Waals surface area contributed by atoms with Crippen LogP contribution in [0.4, 0.5) is 0 Å². The first-order valence-corrected chi connectivity index (χ1v) is 4.11. The molecular weight excluding hydrogens is 190 g/mol. The van der Waals surface area contributed by atoms with Crippen LogP contribution in [0.15, 0.2) is 0 Å². The smallest absolute Gasteiger partial charge is 0.322 e. The minimum atomic E-state index is -1.11. The number of aliphatic hydroxyl groups is 1. The Morgan fingerprint density at radius 2 is 2.00 bits per heavy atom. The fraction of sp³-hybridized carbons (Fsp3) is 0.750. The van der Waals surface area contributed by atoms with E-state index in [4.69, 9.17) is 14.9 Å². The Kier molecular flexibility index (Phi) is 5.11. The largest absolute Gasteiger partial charge is 0.480 e. The lowest BCUT2D eigenvalue weighted by Crippen LogP contribution is -2.37. The van der Waals surface area contributed by atoms with Crippen LogP contribution in [-0.4, -0.2) is 47.4 Å². The standard InChI is InChI=1S/C8H15NO5/c1-8(2,5-10)14-4-6(11)9-3-7(12)13/h10H,3-5H2,1-2H3,(H,9,11)(H,12,13). The Morgan fingerprint density at radius 3 is 2.43 bits per heavy atom. The van der Waals surface area contributed by atoms with Crippen molar-refractivity contribution in [3.05, 3.63) is 0 Å². The lowest BCUT2D eigenvalue weighted by atomic mass is 10.1. The van der Waals surface area contributed by atoms with Crippen molar-refractivity contribution in [2.75, 3.05) is 19.8 Å². The average molecular weight is 205 g/mol. The highest BCUT2D eigenvalue weighted by Crippen LogP contribution is 2.06. The Balaban J connectivity index is 3.69. The molecule has 0 fully saturated rings. The van der Waals surface area contributed by atoms with Crippen LogP contribution in [0.5, 0.6) is 0 Å². The first-order chi connectivity index (χ1) is 6.37. The molecule has 82 valence electrons. The van der Waals surface area contributed by atoms with Crippen molar-refractivity contribution >= 4 is 11.9 Å². The van der Waals surface area contributed by atoms with E-state index in [1.807, 2.05) is 0 Å². The van der Waals surface area contributed by atoms with Gasteiger partial charge in [-0.2, -0.15) is 0 Å². The zero-order valence-corrected chi connectivity index (χ0v) is 8.24. The number of carboxylic acid groups (broad SMARTS) is 1. The fourth-order valence-corrected chi connectivity index (χ4v) is 0.532. The normalized spacial score (nSPS) is 11.1. The van der Waals surface area contributed by atoms with Gasteiger partial charge in [0.2, 0.25) is 5.91 Å². The van der Waals surface area contributed by atoms with Gasteiger partial charge in [0.1, 0.15) is 13.2 Å². The zero-order chi connectivity index (χ0) is 11.2. The number of carbonyl (C=O) groups excluding carboxylic acids is 1. The van der Waals surface area contributed by atoms with Gasteiger partial charge in [-0.05, 0) is 13.8 Å². The summed E-state index contributed by atoms with van der Waals surface area (Å²) in [5.41, 5.74) is -0.791. The topological polar surface area (TPSA) is 95.9 Å². The molecule has 3 N–H and O–H groups in total. The van der Waals surface area contributed by atoms with Gasteiger partial charge in [-0.3, -0.25) is 9.59 Å². The molecule has 0 aromatic rings. The number of aliphatic carboxylic acids is 1. The second kappa shape index (κ2) is 5.56. The van der Waals surface area contributed by atoms with Crippen molar-refractivity contribution in [2.24, 2.45) is 0 Å². The molecule has 0 aliphatic heterocycles. The van der Waals surface area contributed by atoms with E-state index in [1.165, 1.54) is 0 Å². The molecule has 6 heteroatoms. The Morgan fingerprint density at radius 1 is 1.43 bits per heavy atom. The third-order valence-corrected chi connectivity index (χ3v) is 1.41. The molecule has 0 aromatic carbocycles. The zero-order valence-electron chi connectivity index (χ0n) is 8.24. The number of hydrogen-bond acceptors (Lipinski definition) is 4. The average Bonchev–Trinajstić information content (AvgIpc) is 2.11. The second-order valence-corrected chi connectivity index (χ2v) is 3.38. The Hall–Kier alpha value is -1.14. The third-order valence-electron chi connectivity index (χ3n) is 1.41. The number of amides is 1. The molecule has 0 bridgehead atoms. The van der Waals surface area contributed by atoms with Crippen molar-refractivity contribution < 1.29 is 24.5 Å². The van der Waals surface area contributed by atoms with Gasteiger partial charge in [-0.25, -0.2) is 0 Å². The van der Waals surface area contributed by atoms with Crippen molar-refractivity contribution in [2.45, 2.75) is 19.4 Å². The third kappa shape index (κ3) is 6.38. The summed E-state index contributed by atoms with van der Waals surface area (Å²) in [6.07, 6.45) is 0. The molecule has 0 aromatic heterocycles. The predicted octanol–water partition coefficient (Wildman–Crippen LogP) is -1.03. The van der Waals surface area contributed by atoms with Gasteiger partial charge in [0.05, 0.1) is 12.2 Å². The molecule has 6 nitrogen and oxygen atoms in total. The molecule has 0 saturated carbocycles. The summed E-state index contributed by atoms with van der Waals surface area (Å²) in [5, 5.41) is 19.1. The molecule has 0 rings (SSSR count). The summed E-state index contributed by atoms with van der Waals surface area (Å²) in [7, 11) is 0. The number of carboxylic acids is 1. The van der Waals surface area contributed by atoms with E-state index in [0.29, 0.717) is 0 Å². The van der Waals surface area contributed by atoms with Gasteiger partial charge >= 0.3 is 5.97 Å². The highest BCUT2D eigenvalue weighted by Gasteiger charge is 2.18. The summed E-state index contributed by atoms with van der Waals surface area (Å²) in [6, 6.07) is 0. The lowest BCUT2D eigenvalue weighted by molar-refractivity contribution is -0.140. The van der Waals surface area contributed by atoms with E-state index in [2.05, 4.69) is 5.32 Å². The Bertz CT molecular complexity index is 214. The van der Waals surface area contributed by atoms with Crippen molar-refractivity contribution in [1.29, 1.82) is 0 Å². The second-order valence-electron chi connectivity index (χ2n) is 3.38. The fourth-order valence-electron chi connectivity index (χ4n) is 0.532. The monoisotopic (exact) mass is 205 g/mol. The molecule has 0 spiro atoms. The minimum absolute atomic E-state index is 0.209. The predicted molar refractivity (Wildman–Crippen MR) is 47.8 cm³/mol. The van der Waals surface area contributed by atoms with Crippen molar-refractivity contribution in [1.82, 2.24) is 5.32 Å².